The van der Waals surface area contributed by atoms with Gasteiger partial charge in [0.15, 0.2) is 0 Å². The lowest BCUT2D eigenvalue weighted by molar-refractivity contribution is -0.126. The smallest absolute Gasteiger partial charge is 0.242 e. The van der Waals surface area contributed by atoms with Crippen LogP contribution in [0.15, 0.2) is 65.7 Å². The summed E-state index contributed by atoms with van der Waals surface area (Å²) < 4.78 is 28.6. The Morgan fingerprint density at radius 3 is 2.45 bits per heavy atom. The molecule has 0 aliphatic heterocycles. The Labute approximate surface area is 195 Å². The minimum Gasteiger partial charge on any atom is -0.352 e. The maximum Gasteiger partial charge on any atom is 0.242 e. The van der Waals surface area contributed by atoms with Gasteiger partial charge in [0.2, 0.25) is 15.9 Å². The molecular weight excluding hydrogens is 434 g/mol. The summed E-state index contributed by atoms with van der Waals surface area (Å²) in [6.45, 7) is 3.05. The van der Waals surface area contributed by atoms with Gasteiger partial charge in [-0.1, -0.05) is 49.4 Å². The lowest BCUT2D eigenvalue weighted by atomic mass is 9.81. The van der Waals surface area contributed by atoms with E-state index in [1.54, 1.807) is 24.4 Å². The molecule has 7 heteroatoms. The first-order chi connectivity index (χ1) is 16.0. The monoisotopic (exact) mass is 465 g/mol. The Bertz CT molecular complexity index is 1210. The van der Waals surface area contributed by atoms with Crippen LogP contribution in [-0.4, -0.2) is 25.9 Å². The van der Waals surface area contributed by atoms with Gasteiger partial charge in [-0.3, -0.25) is 9.78 Å². The summed E-state index contributed by atoms with van der Waals surface area (Å²) in [7, 11) is -3.65. The normalized spacial score (nSPS) is 18.8. The van der Waals surface area contributed by atoms with Gasteiger partial charge in [-0.2, -0.15) is 0 Å². The average Bonchev–Trinajstić information content (AvgIpc) is 2.86. The fraction of sp³-hybridized carbons (Fsp3) is 0.385. The van der Waals surface area contributed by atoms with Crippen LogP contribution in [0.1, 0.15) is 43.7 Å². The average molecular weight is 466 g/mol. The number of nitrogens with one attached hydrogen (secondary N) is 2. The zero-order chi connectivity index (χ0) is 23.3. The molecule has 0 spiro atoms. The Hall–Kier alpha value is -2.77. The van der Waals surface area contributed by atoms with E-state index >= 15 is 0 Å². The molecule has 174 valence electrons. The van der Waals surface area contributed by atoms with Crippen LogP contribution in [0, 0.1) is 11.8 Å². The number of para-hydroxylation sites is 1. The van der Waals surface area contributed by atoms with Crippen molar-refractivity contribution in [3.05, 3.63) is 71.9 Å². The number of rotatable bonds is 8. The summed E-state index contributed by atoms with van der Waals surface area (Å²) >= 11 is 0. The van der Waals surface area contributed by atoms with Crippen molar-refractivity contribution in [1.29, 1.82) is 0 Å². The van der Waals surface area contributed by atoms with Gasteiger partial charge in [0.25, 0.3) is 0 Å². The van der Waals surface area contributed by atoms with E-state index in [1.807, 2.05) is 24.3 Å². The van der Waals surface area contributed by atoms with Crippen LogP contribution in [0.5, 0.6) is 0 Å². The zero-order valence-electron chi connectivity index (χ0n) is 19.0. The fourth-order valence-corrected chi connectivity index (χ4v) is 5.92. The Balaban J connectivity index is 1.28. The molecule has 1 aliphatic rings. The molecular formula is C26H31N3O3S. The van der Waals surface area contributed by atoms with Crippen LogP contribution >= 0.6 is 0 Å². The molecule has 2 aromatic carbocycles. The van der Waals surface area contributed by atoms with Gasteiger partial charge in [0, 0.05) is 30.6 Å². The van der Waals surface area contributed by atoms with E-state index in [0.29, 0.717) is 18.6 Å². The zero-order valence-corrected chi connectivity index (χ0v) is 19.8. The van der Waals surface area contributed by atoms with Crippen molar-refractivity contribution in [2.24, 2.45) is 11.8 Å². The molecule has 1 aromatic heterocycles. The first-order valence-corrected chi connectivity index (χ1v) is 13.1. The highest BCUT2D eigenvalue weighted by Crippen LogP contribution is 2.29. The topological polar surface area (TPSA) is 88.2 Å². The molecule has 4 rings (SSSR count). The second-order valence-electron chi connectivity index (χ2n) is 8.74. The number of fused-ring (bicyclic) bond motifs is 1. The lowest BCUT2D eigenvalue weighted by Crippen LogP contribution is -2.36. The standard InChI is InChI=1S/C26H31N3O3S/c1-2-20-7-3-4-8-23(20)18-28-26(30)22-14-12-19(13-15-22)17-29-33(31,32)24-11-5-9-21-10-6-16-27-25(21)24/h3-11,16,19,22,29H,2,12-15,17-18H2,1H3,(H,28,30). The van der Waals surface area contributed by atoms with Crippen LogP contribution in [0.4, 0.5) is 0 Å². The number of benzene rings is 2. The summed E-state index contributed by atoms with van der Waals surface area (Å²) in [6.07, 6.45) is 5.78. The number of carbonyl (C=O) groups is 1. The summed E-state index contributed by atoms with van der Waals surface area (Å²) in [6, 6.07) is 17.0. The number of hydrogen-bond donors (Lipinski definition) is 2. The maximum atomic E-state index is 12.9. The van der Waals surface area contributed by atoms with Gasteiger partial charge < -0.3 is 5.32 Å². The molecule has 1 heterocycles. The van der Waals surface area contributed by atoms with Crippen molar-refractivity contribution >= 4 is 26.8 Å². The van der Waals surface area contributed by atoms with Crippen LogP contribution in [-0.2, 0) is 27.8 Å². The van der Waals surface area contributed by atoms with Crippen molar-refractivity contribution in [3.63, 3.8) is 0 Å². The van der Waals surface area contributed by atoms with Gasteiger partial charge in [-0.25, -0.2) is 13.1 Å². The summed E-state index contributed by atoms with van der Waals surface area (Å²) in [5, 5.41) is 3.90. The maximum absolute atomic E-state index is 12.9. The summed E-state index contributed by atoms with van der Waals surface area (Å²) in [5.41, 5.74) is 2.91. The molecule has 0 bridgehead atoms. The molecule has 0 saturated heterocycles. The number of aromatic nitrogens is 1. The number of nitrogens with zero attached hydrogens (tertiary/aromatic N) is 1. The SMILES string of the molecule is CCc1ccccc1CNC(=O)C1CCC(CNS(=O)(=O)c2cccc3cccnc23)CC1. The van der Waals surface area contributed by atoms with E-state index in [-0.39, 0.29) is 22.6 Å². The molecule has 2 N–H and O–H groups in total. The molecule has 1 saturated carbocycles. The molecule has 0 radical (unpaired) electrons. The quantitative estimate of drug-likeness (QED) is 0.522. The van der Waals surface area contributed by atoms with E-state index < -0.39 is 10.0 Å². The largest absolute Gasteiger partial charge is 0.352 e. The van der Waals surface area contributed by atoms with Gasteiger partial charge in [-0.15, -0.1) is 0 Å². The highest BCUT2D eigenvalue weighted by Gasteiger charge is 2.27. The van der Waals surface area contributed by atoms with Crippen molar-refractivity contribution in [1.82, 2.24) is 15.0 Å². The first-order valence-electron chi connectivity index (χ1n) is 11.7. The van der Waals surface area contributed by atoms with E-state index in [9.17, 15) is 13.2 Å². The minimum atomic E-state index is -3.65. The number of carbonyl (C=O) groups excluding carboxylic acids is 1. The van der Waals surface area contributed by atoms with Crippen molar-refractivity contribution in [3.8, 4) is 0 Å². The Kier molecular flexibility index (Phi) is 7.40. The molecule has 1 fully saturated rings. The van der Waals surface area contributed by atoms with E-state index in [0.717, 1.165) is 37.5 Å². The van der Waals surface area contributed by atoms with Crippen LogP contribution in [0.3, 0.4) is 0 Å². The highest BCUT2D eigenvalue weighted by atomic mass is 32.2. The molecule has 33 heavy (non-hydrogen) atoms. The number of hydrogen-bond acceptors (Lipinski definition) is 4. The van der Waals surface area contributed by atoms with Crippen LogP contribution < -0.4 is 10.0 Å². The predicted octanol–water partition coefficient (Wildman–Crippen LogP) is 4.20. The third kappa shape index (κ3) is 5.60. The fourth-order valence-electron chi connectivity index (χ4n) is 4.63. The third-order valence-corrected chi connectivity index (χ3v) is 8.07. The molecule has 0 atom stereocenters. The van der Waals surface area contributed by atoms with Gasteiger partial charge in [-0.05, 0) is 61.3 Å². The number of aryl methyl sites for hydroxylation is 1. The molecule has 0 unspecified atom stereocenters. The molecule has 3 aromatic rings. The molecule has 1 aliphatic carbocycles. The third-order valence-electron chi connectivity index (χ3n) is 6.62. The number of amides is 1. The van der Waals surface area contributed by atoms with Crippen molar-refractivity contribution in [2.75, 3.05) is 6.54 Å². The number of pyridine rings is 1. The van der Waals surface area contributed by atoms with Gasteiger partial charge in [0.05, 0.1) is 5.52 Å². The van der Waals surface area contributed by atoms with E-state index in [1.165, 1.54) is 11.1 Å². The molecule has 1 amide bonds. The van der Waals surface area contributed by atoms with E-state index in [2.05, 4.69) is 34.1 Å². The van der Waals surface area contributed by atoms with Gasteiger partial charge in [0.1, 0.15) is 4.90 Å². The highest BCUT2D eigenvalue weighted by molar-refractivity contribution is 7.89. The Morgan fingerprint density at radius 2 is 1.70 bits per heavy atom. The number of sulfonamides is 1. The van der Waals surface area contributed by atoms with E-state index in [4.69, 9.17) is 0 Å². The second-order valence-corrected chi connectivity index (χ2v) is 10.5. The molecule has 6 nitrogen and oxygen atoms in total. The van der Waals surface area contributed by atoms with Crippen LogP contribution in [0.25, 0.3) is 10.9 Å². The van der Waals surface area contributed by atoms with Crippen molar-refractivity contribution < 1.29 is 13.2 Å². The lowest BCUT2D eigenvalue weighted by Gasteiger charge is -2.28. The second kappa shape index (κ2) is 10.4. The first kappa shape index (κ1) is 23.4. The minimum absolute atomic E-state index is 0.00564. The Morgan fingerprint density at radius 1 is 0.970 bits per heavy atom. The summed E-state index contributed by atoms with van der Waals surface area (Å²) in [5.74, 6) is 0.322. The van der Waals surface area contributed by atoms with Gasteiger partial charge >= 0.3 is 0 Å². The summed E-state index contributed by atoms with van der Waals surface area (Å²) in [4.78, 5) is 17.1. The predicted molar refractivity (Wildman–Crippen MR) is 130 cm³/mol. The van der Waals surface area contributed by atoms with Crippen molar-refractivity contribution in [2.45, 2.75) is 50.5 Å². The van der Waals surface area contributed by atoms with Crippen LogP contribution in [0.2, 0.25) is 0 Å².